The first-order chi connectivity index (χ1) is 21.2. The van der Waals surface area contributed by atoms with Crippen molar-refractivity contribution in [3.63, 3.8) is 0 Å². The molecule has 234 valence electrons. The van der Waals surface area contributed by atoms with E-state index in [2.05, 4.69) is 11.8 Å². The summed E-state index contributed by atoms with van der Waals surface area (Å²) in [6, 6.07) is 15.0. The molecule has 1 amide bonds. The number of ether oxygens (including phenoxy) is 3. The molecule has 2 heterocycles. The highest BCUT2D eigenvalue weighted by atomic mass is 35.5. The zero-order valence-electron chi connectivity index (χ0n) is 25.1. The summed E-state index contributed by atoms with van der Waals surface area (Å²) in [4.78, 5) is 28.3. The van der Waals surface area contributed by atoms with Gasteiger partial charge in [0.15, 0.2) is 0 Å². The van der Waals surface area contributed by atoms with Crippen LogP contribution in [0.2, 0.25) is 5.02 Å². The number of rotatable bonds is 10. The second-order valence-corrected chi connectivity index (χ2v) is 11.8. The van der Waals surface area contributed by atoms with Gasteiger partial charge in [-0.2, -0.15) is 0 Å². The molecule has 0 aromatic heterocycles. The lowest BCUT2D eigenvalue weighted by Gasteiger charge is -2.33. The summed E-state index contributed by atoms with van der Waals surface area (Å²) in [5.41, 5.74) is 2.54. The second kappa shape index (κ2) is 13.9. The lowest BCUT2D eigenvalue weighted by molar-refractivity contribution is 0.0224. The summed E-state index contributed by atoms with van der Waals surface area (Å²) in [5, 5.41) is 9.39. The molecule has 8 nitrogen and oxygen atoms in total. The minimum Gasteiger partial charge on any atom is -0.493 e. The Kier molecular flexibility index (Phi) is 9.96. The first kappa shape index (κ1) is 31.6. The van der Waals surface area contributed by atoms with Gasteiger partial charge in [0.05, 0.1) is 35.9 Å². The zero-order valence-corrected chi connectivity index (χ0v) is 25.9. The number of carbonyl (C=O) groups excluding carboxylic acids is 1. The van der Waals surface area contributed by atoms with E-state index in [1.807, 2.05) is 19.1 Å². The van der Waals surface area contributed by atoms with Gasteiger partial charge in [-0.05, 0) is 92.7 Å². The van der Waals surface area contributed by atoms with Crippen molar-refractivity contribution in [3.05, 3.63) is 76.6 Å². The molecule has 2 aliphatic rings. The summed E-state index contributed by atoms with van der Waals surface area (Å²) in [6.07, 6.45) is 3.64. The predicted molar refractivity (Wildman–Crippen MR) is 168 cm³/mol. The maximum absolute atomic E-state index is 13.7. The van der Waals surface area contributed by atoms with Crippen molar-refractivity contribution in [2.45, 2.75) is 58.1 Å². The molecule has 0 aliphatic carbocycles. The maximum Gasteiger partial charge on any atom is 0.415 e. The Morgan fingerprint density at radius 3 is 2.45 bits per heavy atom. The summed E-state index contributed by atoms with van der Waals surface area (Å²) < 4.78 is 32.0. The number of nitrogens with zero attached hydrogens (tertiary/aromatic N) is 2. The van der Waals surface area contributed by atoms with Gasteiger partial charge in [0, 0.05) is 25.2 Å². The van der Waals surface area contributed by atoms with Gasteiger partial charge >= 0.3 is 12.1 Å². The van der Waals surface area contributed by atoms with Crippen molar-refractivity contribution in [1.29, 1.82) is 0 Å². The van der Waals surface area contributed by atoms with Gasteiger partial charge in [-0.15, -0.1) is 0 Å². The van der Waals surface area contributed by atoms with Gasteiger partial charge in [0.25, 0.3) is 0 Å². The average molecular weight is 625 g/mol. The van der Waals surface area contributed by atoms with Crippen LogP contribution in [-0.2, 0) is 11.3 Å². The monoisotopic (exact) mass is 624 g/mol. The average Bonchev–Trinajstić information content (AvgIpc) is 3.33. The van der Waals surface area contributed by atoms with Crippen LogP contribution in [0.1, 0.15) is 61.9 Å². The molecule has 2 fully saturated rings. The minimum atomic E-state index is -1.12. The Morgan fingerprint density at radius 2 is 1.77 bits per heavy atom. The minimum absolute atomic E-state index is 0.0132. The van der Waals surface area contributed by atoms with E-state index >= 15 is 0 Å². The Hall–Kier alpha value is -3.82. The van der Waals surface area contributed by atoms with E-state index in [1.54, 1.807) is 23.1 Å². The largest absolute Gasteiger partial charge is 0.493 e. The fraction of sp³-hybridized carbons (Fsp3) is 0.412. The molecular weight excluding hydrogens is 587 g/mol. The van der Waals surface area contributed by atoms with Crippen LogP contribution >= 0.6 is 11.6 Å². The molecule has 10 heteroatoms. The van der Waals surface area contributed by atoms with Crippen molar-refractivity contribution < 1.29 is 33.3 Å². The highest BCUT2D eigenvalue weighted by Crippen LogP contribution is 2.41. The third kappa shape index (κ3) is 7.11. The van der Waals surface area contributed by atoms with Gasteiger partial charge in [0.2, 0.25) is 0 Å². The molecule has 3 aromatic rings. The SMILES string of the molecule is CCCOc1cc(CN2CCCCC3(CC2)CN(c2ccc(C(=O)O)c(Cl)c2)C(=O)O3)cc(OCC)c1-c1ccc(F)cc1. The normalized spacial score (nSPS) is 19.0. The van der Waals surface area contributed by atoms with Gasteiger partial charge in [-0.25, -0.2) is 14.0 Å². The number of aromatic carboxylic acids is 1. The summed E-state index contributed by atoms with van der Waals surface area (Å²) >= 11 is 6.19. The van der Waals surface area contributed by atoms with E-state index < -0.39 is 17.7 Å². The van der Waals surface area contributed by atoms with E-state index in [1.165, 1.54) is 24.3 Å². The zero-order chi connectivity index (χ0) is 31.3. The third-order valence-corrected chi connectivity index (χ3v) is 8.44. The van der Waals surface area contributed by atoms with Crippen LogP contribution in [-0.4, -0.2) is 60.5 Å². The number of carbonyl (C=O) groups is 2. The summed E-state index contributed by atoms with van der Waals surface area (Å²) in [7, 11) is 0. The van der Waals surface area contributed by atoms with Crippen LogP contribution in [0.25, 0.3) is 11.1 Å². The van der Waals surface area contributed by atoms with E-state index in [4.69, 9.17) is 25.8 Å². The topological polar surface area (TPSA) is 88.5 Å². The fourth-order valence-corrected chi connectivity index (χ4v) is 6.21. The van der Waals surface area contributed by atoms with Crippen molar-refractivity contribution in [2.75, 3.05) is 37.7 Å². The molecule has 1 atom stereocenters. The molecule has 5 rings (SSSR count). The quantitative estimate of drug-likeness (QED) is 0.246. The fourth-order valence-electron chi connectivity index (χ4n) is 5.96. The predicted octanol–water partition coefficient (Wildman–Crippen LogP) is 7.80. The standard InChI is InChI=1S/C34H38ClFN2O6/c1-3-17-43-30-19-23(18-29(42-4-2)31(30)24-7-9-25(36)10-8-24)21-37-15-6-5-13-34(14-16-37)22-38(33(41)44-34)26-11-12-27(32(39)40)28(35)20-26/h7-12,18-20H,3-6,13-17,21-22H2,1-2H3,(H,39,40). The highest BCUT2D eigenvalue weighted by molar-refractivity contribution is 6.33. The Balaban J connectivity index is 1.35. The first-order valence-electron chi connectivity index (χ1n) is 15.2. The van der Waals surface area contributed by atoms with Gasteiger partial charge in [-0.3, -0.25) is 9.80 Å². The molecule has 0 saturated carbocycles. The number of hydrogen-bond donors (Lipinski definition) is 1. The van der Waals surface area contributed by atoms with Crippen LogP contribution in [0.3, 0.4) is 0 Å². The molecule has 2 aliphatic heterocycles. The van der Waals surface area contributed by atoms with E-state index in [9.17, 15) is 19.1 Å². The molecular formula is C34H38ClFN2O6. The molecule has 0 bridgehead atoms. The summed E-state index contributed by atoms with van der Waals surface area (Å²) in [5.74, 6) is -0.0233. The van der Waals surface area contributed by atoms with E-state index in [0.29, 0.717) is 56.5 Å². The molecule has 1 spiro atoms. The second-order valence-electron chi connectivity index (χ2n) is 11.3. The Bertz CT molecular complexity index is 1500. The van der Waals surface area contributed by atoms with Crippen molar-refractivity contribution in [3.8, 4) is 22.6 Å². The van der Waals surface area contributed by atoms with Crippen molar-refractivity contribution in [1.82, 2.24) is 4.90 Å². The van der Waals surface area contributed by atoms with Gasteiger partial charge < -0.3 is 19.3 Å². The van der Waals surface area contributed by atoms with Crippen LogP contribution in [0, 0.1) is 5.82 Å². The number of amides is 1. The highest BCUT2D eigenvalue weighted by Gasteiger charge is 2.46. The number of hydrogen-bond acceptors (Lipinski definition) is 6. The molecule has 1 N–H and O–H groups in total. The number of halogens is 2. The number of anilines is 1. The van der Waals surface area contributed by atoms with Crippen LogP contribution in [0.15, 0.2) is 54.6 Å². The maximum atomic E-state index is 13.7. The lowest BCUT2D eigenvalue weighted by Crippen LogP contribution is -2.41. The van der Waals surface area contributed by atoms with Crippen LogP contribution in [0.4, 0.5) is 14.9 Å². The molecule has 3 aromatic carbocycles. The molecule has 44 heavy (non-hydrogen) atoms. The molecule has 0 radical (unpaired) electrons. The summed E-state index contributed by atoms with van der Waals surface area (Å²) in [6.45, 7) is 7.66. The van der Waals surface area contributed by atoms with Crippen molar-refractivity contribution in [2.24, 2.45) is 0 Å². The third-order valence-electron chi connectivity index (χ3n) is 8.13. The number of carboxylic acids is 1. The Morgan fingerprint density at radius 1 is 1.02 bits per heavy atom. The first-order valence-corrected chi connectivity index (χ1v) is 15.5. The lowest BCUT2D eigenvalue weighted by atomic mass is 9.90. The van der Waals surface area contributed by atoms with E-state index in [-0.39, 0.29) is 16.4 Å². The molecule has 2 saturated heterocycles. The van der Waals surface area contributed by atoms with E-state index in [0.717, 1.165) is 48.9 Å². The van der Waals surface area contributed by atoms with Gasteiger partial charge in [0.1, 0.15) is 22.9 Å². The van der Waals surface area contributed by atoms with Crippen molar-refractivity contribution >= 4 is 29.4 Å². The Labute approximate surface area is 262 Å². The molecule has 1 unspecified atom stereocenters. The smallest absolute Gasteiger partial charge is 0.415 e. The number of benzene rings is 3. The number of carboxylic acid groups (broad SMARTS) is 1. The van der Waals surface area contributed by atoms with Crippen LogP contribution in [0.5, 0.6) is 11.5 Å². The van der Waals surface area contributed by atoms with Crippen LogP contribution < -0.4 is 14.4 Å². The van der Waals surface area contributed by atoms with Gasteiger partial charge in [-0.1, -0.05) is 30.7 Å². The number of likely N-dealkylation sites (tertiary alicyclic amines) is 1.